The van der Waals surface area contributed by atoms with E-state index in [1.165, 1.54) is 16.9 Å². The van der Waals surface area contributed by atoms with E-state index in [1.54, 1.807) is 16.2 Å². The number of nitrogens with zero attached hydrogens (tertiary/aromatic N) is 1. The van der Waals surface area contributed by atoms with E-state index in [1.807, 2.05) is 5.38 Å². The Hall–Kier alpha value is -1.40. The van der Waals surface area contributed by atoms with Crippen LogP contribution in [0.2, 0.25) is 0 Å². The molecule has 1 aromatic heterocycles. The molecule has 2 N–H and O–H groups in total. The van der Waals surface area contributed by atoms with E-state index in [-0.39, 0.29) is 18.7 Å². The van der Waals surface area contributed by atoms with Gasteiger partial charge in [0, 0.05) is 36.2 Å². The summed E-state index contributed by atoms with van der Waals surface area (Å²) in [4.78, 5) is 26.6. The molecule has 1 saturated heterocycles. The van der Waals surface area contributed by atoms with E-state index >= 15 is 0 Å². The zero-order chi connectivity index (χ0) is 15.0. The van der Waals surface area contributed by atoms with Crippen LogP contribution in [0.15, 0.2) is 5.38 Å². The number of hydrogen-bond acceptors (Lipinski definition) is 4. The second-order valence-electron chi connectivity index (χ2n) is 5.89. The average molecular weight is 309 g/mol. The topological polar surface area (TPSA) is 77.8 Å². The fourth-order valence-electron chi connectivity index (χ4n) is 3.14. The van der Waals surface area contributed by atoms with Crippen LogP contribution in [0.25, 0.3) is 0 Å². The number of fused-ring (bicyclic) bond motifs is 1. The summed E-state index contributed by atoms with van der Waals surface area (Å²) in [5.41, 5.74) is 0.302. The van der Waals surface area contributed by atoms with Crippen molar-refractivity contribution in [2.75, 3.05) is 13.1 Å². The number of aryl methyl sites for hydroxylation is 1. The summed E-state index contributed by atoms with van der Waals surface area (Å²) in [7, 11) is 0. The molecule has 1 fully saturated rings. The van der Waals surface area contributed by atoms with Crippen molar-refractivity contribution < 1.29 is 19.8 Å². The Morgan fingerprint density at radius 3 is 2.52 bits per heavy atom. The molecule has 0 bridgehead atoms. The maximum atomic E-state index is 12.6. The van der Waals surface area contributed by atoms with Crippen molar-refractivity contribution in [3.63, 3.8) is 0 Å². The zero-order valence-corrected chi connectivity index (χ0v) is 12.6. The van der Waals surface area contributed by atoms with Gasteiger partial charge in [-0.2, -0.15) is 0 Å². The van der Waals surface area contributed by atoms with Crippen molar-refractivity contribution in [1.29, 1.82) is 0 Å². The number of rotatable bonds is 2. The minimum absolute atomic E-state index is 0.0122. The Morgan fingerprint density at radius 1 is 1.19 bits per heavy atom. The number of hydrogen-bond donors (Lipinski definition) is 2. The van der Waals surface area contributed by atoms with Gasteiger partial charge >= 0.3 is 5.97 Å². The number of carboxylic acid groups (broad SMARTS) is 1. The SMILES string of the molecule is O=C(c1csc2c1CCCC2)N1CCC(O)(C(=O)O)CC1. The van der Waals surface area contributed by atoms with E-state index in [0.717, 1.165) is 24.8 Å². The molecular weight excluding hydrogens is 290 g/mol. The summed E-state index contributed by atoms with van der Waals surface area (Å²) in [6.45, 7) is 0.596. The first-order valence-electron chi connectivity index (χ1n) is 7.35. The number of carbonyl (C=O) groups is 2. The van der Waals surface area contributed by atoms with Gasteiger partial charge < -0.3 is 15.1 Å². The van der Waals surface area contributed by atoms with Crippen LogP contribution in [0.3, 0.4) is 0 Å². The monoisotopic (exact) mass is 309 g/mol. The molecule has 2 heterocycles. The standard InChI is InChI=1S/C15H19NO4S/c17-13(11-9-21-12-4-2-1-3-10(11)12)16-7-5-15(20,6-8-16)14(18)19/h9,20H,1-8H2,(H,18,19). The smallest absolute Gasteiger partial charge is 0.335 e. The molecule has 114 valence electrons. The number of piperidine rings is 1. The second-order valence-corrected chi connectivity index (χ2v) is 6.85. The Balaban J connectivity index is 1.73. The Bertz CT molecular complexity index is 572. The predicted octanol–water partition coefficient (Wildman–Crippen LogP) is 1.68. The number of aliphatic carboxylic acids is 1. The zero-order valence-electron chi connectivity index (χ0n) is 11.8. The van der Waals surface area contributed by atoms with E-state index < -0.39 is 11.6 Å². The number of aliphatic hydroxyl groups is 1. The highest BCUT2D eigenvalue weighted by Gasteiger charge is 2.40. The third kappa shape index (κ3) is 2.58. The van der Waals surface area contributed by atoms with Gasteiger partial charge in [-0.25, -0.2) is 4.79 Å². The van der Waals surface area contributed by atoms with Gasteiger partial charge in [-0.15, -0.1) is 11.3 Å². The lowest BCUT2D eigenvalue weighted by molar-refractivity contribution is -0.162. The van der Waals surface area contributed by atoms with Crippen molar-refractivity contribution in [3.8, 4) is 0 Å². The molecule has 1 aliphatic carbocycles. The second kappa shape index (κ2) is 5.42. The van der Waals surface area contributed by atoms with Crippen molar-refractivity contribution in [2.45, 2.75) is 44.1 Å². The molecule has 0 radical (unpaired) electrons. The molecule has 0 atom stereocenters. The number of carboxylic acids is 1. The van der Waals surface area contributed by atoms with E-state index in [9.17, 15) is 14.7 Å². The maximum Gasteiger partial charge on any atom is 0.335 e. The lowest BCUT2D eigenvalue weighted by atomic mass is 9.90. The maximum absolute atomic E-state index is 12.6. The molecule has 0 saturated carbocycles. The van der Waals surface area contributed by atoms with Crippen LogP contribution >= 0.6 is 11.3 Å². The van der Waals surface area contributed by atoms with Gasteiger partial charge in [-0.1, -0.05) is 0 Å². The summed E-state index contributed by atoms with van der Waals surface area (Å²) >= 11 is 1.66. The molecular formula is C15H19NO4S. The van der Waals surface area contributed by atoms with Crippen molar-refractivity contribution >= 4 is 23.2 Å². The third-order valence-corrected chi connectivity index (χ3v) is 5.66. The highest BCUT2D eigenvalue weighted by molar-refractivity contribution is 7.10. The first-order chi connectivity index (χ1) is 10.0. The minimum atomic E-state index is -1.68. The highest BCUT2D eigenvalue weighted by atomic mass is 32.1. The minimum Gasteiger partial charge on any atom is -0.479 e. The van der Waals surface area contributed by atoms with Crippen LogP contribution in [0.5, 0.6) is 0 Å². The fourth-order valence-corrected chi connectivity index (χ4v) is 4.26. The highest BCUT2D eigenvalue weighted by Crippen LogP contribution is 2.32. The van der Waals surface area contributed by atoms with Crippen molar-refractivity contribution in [1.82, 2.24) is 4.90 Å². The average Bonchev–Trinajstić information content (AvgIpc) is 2.91. The Morgan fingerprint density at radius 2 is 1.86 bits per heavy atom. The molecule has 0 spiro atoms. The van der Waals surface area contributed by atoms with Crippen LogP contribution in [-0.4, -0.2) is 45.7 Å². The van der Waals surface area contributed by atoms with Gasteiger partial charge in [-0.3, -0.25) is 4.79 Å². The molecule has 21 heavy (non-hydrogen) atoms. The van der Waals surface area contributed by atoms with Gasteiger partial charge in [0.05, 0.1) is 5.56 Å². The molecule has 6 heteroatoms. The first-order valence-corrected chi connectivity index (χ1v) is 8.23. The van der Waals surface area contributed by atoms with Gasteiger partial charge in [0.25, 0.3) is 5.91 Å². The van der Waals surface area contributed by atoms with E-state index in [0.29, 0.717) is 13.1 Å². The van der Waals surface area contributed by atoms with Crippen molar-refractivity contribution in [3.05, 3.63) is 21.4 Å². The van der Waals surface area contributed by atoms with Gasteiger partial charge in [0.2, 0.25) is 0 Å². The summed E-state index contributed by atoms with van der Waals surface area (Å²) < 4.78 is 0. The molecule has 3 rings (SSSR count). The van der Waals surface area contributed by atoms with Crippen LogP contribution in [0.4, 0.5) is 0 Å². The summed E-state index contributed by atoms with van der Waals surface area (Å²) in [6, 6.07) is 0. The third-order valence-electron chi connectivity index (χ3n) is 4.57. The Labute approximate surface area is 127 Å². The van der Waals surface area contributed by atoms with Gasteiger partial charge in [0.15, 0.2) is 5.60 Å². The van der Waals surface area contributed by atoms with Crippen LogP contribution in [0, 0.1) is 0 Å². The first kappa shape index (κ1) is 14.5. The van der Waals surface area contributed by atoms with Crippen LogP contribution < -0.4 is 0 Å². The molecule has 0 aromatic carbocycles. The van der Waals surface area contributed by atoms with Crippen LogP contribution in [0.1, 0.15) is 46.5 Å². The summed E-state index contributed by atoms with van der Waals surface area (Å²) in [5, 5.41) is 20.9. The van der Waals surface area contributed by atoms with Crippen LogP contribution in [-0.2, 0) is 17.6 Å². The lowest BCUT2D eigenvalue weighted by Gasteiger charge is -2.35. The summed E-state index contributed by atoms with van der Waals surface area (Å²) in [5.74, 6) is -1.20. The molecule has 5 nitrogen and oxygen atoms in total. The number of amides is 1. The molecule has 1 aromatic rings. The molecule has 2 aliphatic rings. The van der Waals surface area contributed by atoms with E-state index in [4.69, 9.17) is 5.11 Å². The molecule has 1 aliphatic heterocycles. The number of thiophene rings is 1. The van der Waals surface area contributed by atoms with Crippen molar-refractivity contribution in [2.24, 2.45) is 0 Å². The summed E-state index contributed by atoms with van der Waals surface area (Å²) in [6.07, 6.45) is 4.54. The predicted molar refractivity (Wildman–Crippen MR) is 78.7 cm³/mol. The van der Waals surface area contributed by atoms with Gasteiger partial charge in [-0.05, 0) is 31.2 Å². The fraction of sp³-hybridized carbons (Fsp3) is 0.600. The van der Waals surface area contributed by atoms with E-state index in [2.05, 4.69) is 0 Å². The number of carbonyl (C=O) groups excluding carboxylic acids is 1. The normalized spacial score (nSPS) is 20.9. The lowest BCUT2D eigenvalue weighted by Crippen LogP contribution is -2.50. The molecule has 0 unspecified atom stereocenters. The molecule has 1 amide bonds. The number of likely N-dealkylation sites (tertiary alicyclic amines) is 1. The largest absolute Gasteiger partial charge is 0.479 e. The Kier molecular flexibility index (Phi) is 3.75. The quantitative estimate of drug-likeness (QED) is 0.871. The van der Waals surface area contributed by atoms with Gasteiger partial charge in [0.1, 0.15) is 0 Å².